The molecule has 0 bridgehead atoms. The summed E-state index contributed by atoms with van der Waals surface area (Å²) in [5.41, 5.74) is 1.20. The Morgan fingerprint density at radius 1 is 1.38 bits per heavy atom. The zero-order valence-corrected chi connectivity index (χ0v) is 9.95. The van der Waals surface area contributed by atoms with Crippen LogP contribution in [0.4, 0.5) is 0 Å². The van der Waals surface area contributed by atoms with Gasteiger partial charge in [-0.1, -0.05) is 25.5 Å². The molecular formula is C14H20O2. The largest absolute Gasteiger partial charge is 0.373 e. The molecule has 0 spiro atoms. The van der Waals surface area contributed by atoms with E-state index in [4.69, 9.17) is 4.74 Å². The van der Waals surface area contributed by atoms with Crippen LogP contribution in [0, 0.1) is 5.92 Å². The lowest BCUT2D eigenvalue weighted by Gasteiger charge is -2.30. The van der Waals surface area contributed by atoms with Crippen molar-refractivity contribution in [2.24, 2.45) is 5.92 Å². The number of carbonyl (C=O) groups excluding carboxylic acids is 1. The highest BCUT2D eigenvalue weighted by Crippen LogP contribution is 2.28. The van der Waals surface area contributed by atoms with Crippen LogP contribution < -0.4 is 0 Å². The van der Waals surface area contributed by atoms with E-state index in [1.54, 1.807) is 6.08 Å². The van der Waals surface area contributed by atoms with Gasteiger partial charge in [0.15, 0.2) is 5.78 Å². The molecule has 0 saturated carbocycles. The van der Waals surface area contributed by atoms with Gasteiger partial charge < -0.3 is 4.74 Å². The van der Waals surface area contributed by atoms with E-state index in [1.807, 2.05) is 12.2 Å². The summed E-state index contributed by atoms with van der Waals surface area (Å²) in [5.74, 6) is 0.944. The second-order valence-corrected chi connectivity index (χ2v) is 4.76. The number of rotatable bonds is 3. The van der Waals surface area contributed by atoms with Crippen LogP contribution in [0.5, 0.6) is 0 Å². The molecule has 16 heavy (non-hydrogen) atoms. The molecule has 0 aromatic rings. The molecule has 0 radical (unpaired) electrons. The molecule has 88 valence electrons. The van der Waals surface area contributed by atoms with Crippen LogP contribution >= 0.6 is 0 Å². The van der Waals surface area contributed by atoms with Crippen LogP contribution in [-0.4, -0.2) is 18.5 Å². The summed E-state index contributed by atoms with van der Waals surface area (Å²) in [6.07, 6.45) is 11.3. The predicted molar refractivity (Wildman–Crippen MR) is 64.2 cm³/mol. The van der Waals surface area contributed by atoms with Crippen molar-refractivity contribution in [2.75, 3.05) is 6.61 Å². The van der Waals surface area contributed by atoms with E-state index in [2.05, 4.69) is 6.92 Å². The number of hydrogen-bond acceptors (Lipinski definition) is 2. The quantitative estimate of drug-likeness (QED) is 0.730. The van der Waals surface area contributed by atoms with Crippen LogP contribution in [-0.2, 0) is 9.53 Å². The molecule has 1 saturated heterocycles. The van der Waals surface area contributed by atoms with E-state index in [9.17, 15) is 4.79 Å². The third kappa shape index (κ3) is 2.82. The maximum Gasteiger partial charge on any atom is 0.159 e. The molecule has 2 heteroatoms. The fourth-order valence-electron chi connectivity index (χ4n) is 2.49. The van der Waals surface area contributed by atoms with Gasteiger partial charge in [0.1, 0.15) is 0 Å². The molecular weight excluding hydrogens is 200 g/mol. The molecule has 1 aliphatic heterocycles. The van der Waals surface area contributed by atoms with Crippen molar-refractivity contribution in [1.29, 1.82) is 0 Å². The van der Waals surface area contributed by atoms with E-state index >= 15 is 0 Å². The van der Waals surface area contributed by atoms with Crippen LogP contribution in [0.1, 0.15) is 39.0 Å². The lowest BCUT2D eigenvalue weighted by Crippen LogP contribution is -2.27. The van der Waals surface area contributed by atoms with E-state index < -0.39 is 0 Å². The zero-order valence-electron chi connectivity index (χ0n) is 9.95. The molecule has 2 nitrogen and oxygen atoms in total. The number of carbonyl (C=O) groups is 1. The summed E-state index contributed by atoms with van der Waals surface area (Å²) in [6, 6.07) is 0. The van der Waals surface area contributed by atoms with Crippen molar-refractivity contribution in [1.82, 2.24) is 0 Å². The zero-order chi connectivity index (χ0) is 11.4. The summed E-state index contributed by atoms with van der Waals surface area (Å²) < 4.78 is 5.89. The molecule has 1 aliphatic carbocycles. The van der Waals surface area contributed by atoms with Crippen LogP contribution in [0.3, 0.4) is 0 Å². The minimum Gasteiger partial charge on any atom is -0.373 e. The first-order valence-electron chi connectivity index (χ1n) is 6.32. The molecule has 0 aromatic carbocycles. The molecule has 0 aromatic heterocycles. The minimum atomic E-state index is 0.198. The number of ketones is 1. The van der Waals surface area contributed by atoms with Gasteiger partial charge >= 0.3 is 0 Å². The topological polar surface area (TPSA) is 26.3 Å². The Hall–Kier alpha value is -0.890. The first kappa shape index (κ1) is 11.6. The Kier molecular flexibility index (Phi) is 3.94. The Balaban J connectivity index is 1.85. The number of allylic oxidation sites excluding steroid dienone is 2. The fourth-order valence-corrected chi connectivity index (χ4v) is 2.49. The van der Waals surface area contributed by atoms with Gasteiger partial charge in [-0.2, -0.15) is 0 Å². The summed E-state index contributed by atoms with van der Waals surface area (Å²) in [4.78, 5) is 11.1. The first-order valence-corrected chi connectivity index (χ1v) is 6.32. The SMILES string of the molecule is CCCC1CCC(C2=CCC(=O)C=C2)OC1. The average molecular weight is 220 g/mol. The minimum absolute atomic E-state index is 0.198. The smallest absolute Gasteiger partial charge is 0.159 e. The van der Waals surface area contributed by atoms with Gasteiger partial charge in [-0.3, -0.25) is 4.79 Å². The first-order chi connectivity index (χ1) is 7.79. The third-order valence-electron chi connectivity index (χ3n) is 3.44. The Bertz CT molecular complexity index is 307. The molecule has 2 aliphatic rings. The second-order valence-electron chi connectivity index (χ2n) is 4.76. The van der Waals surface area contributed by atoms with Crippen molar-refractivity contribution in [3.63, 3.8) is 0 Å². The summed E-state index contributed by atoms with van der Waals surface area (Å²) in [6.45, 7) is 3.11. The van der Waals surface area contributed by atoms with Gasteiger partial charge in [0.05, 0.1) is 12.7 Å². The molecule has 1 fully saturated rings. The molecule has 0 amide bonds. The van der Waals surface area contributed by atoms with E-state index in [0.29, 0.717) is 6.42 Å². The van der Waals surface area contributed by atoms with Gasteiger partial charge in [-0.25, -0.2) is 0 Å². The van der Waals surface area contributed by atoms with Crippen molar-refractivity contribution in [3.05, 3.63) is 23.8 Å². The average Bonchev–Trinajstić information content (AvgIpc) is 2.32. The fraction of sp³-hybridized carbons (Fsp3) is 0.643. The van der Waals surface area contributed by atoms with Crippen LogP contribution in [0.25, 0.3) is 0 Å². The summed E-state index contributed by atoms with van der Waals surface area (Å²) in [7, 11) is 0. The van der Waals surface area contributed by atoms with E-state index in [0.717, 1.165) is 18.9 Å². The normalized spacial score (nSPS) is 30.3. The van der Waals surface area contributed by atoms with Gasteiger partial charge in [-0.15, -0.1) is 0 Å². The van der Waals surface area contributed by atoms with Crippen molar-refractivity contribution < 1.29 is 9.53 Å². The van der Waals surface area contributed by atoms with Crippen LogP contribution in [0.2, 0.25) is 0 Å². The molecule has 0 N–H and O–H groups in total. The third-order valence-corrected chi connectivity index (χ3v) is 3.44. The highest BCUT2D eigenvalue weighted by molar-refractivity contribution is 5.92. The van der Waals surface area contributed by atoms with Crippen LogP contribution in [0.15, 0.2) is 23.8 Å². The lowest BCUT2D eigenvalue weighted by molar-refractivity contribution is -0.114. The maximum atomic E-state index is 11.1. The van der Waals surface area contributed by atoms with Crippen molar-refractivity contribution in [2.45, 2.75) is 45.1 Å². The molecule has 2 atom stereocenters. The second kappa shape index (κ2) is 5.44. The highest BCUT2D eigenvalue weighted by Gasteiger charge is 2.23. The van der Waals surface area contributed by atoms with Crippen molar-refractivity contribution in [3.8, 4) is 0 Å². The van der Waals surface area contributed by atoms with Gasteiger partial charge in [0.25, 0.3) is 0 Å². The van der Waals surface area contributed by atoms with Gasteiger partial charge in [-0.05, 0) is 36.8 Å². The van der Waals surface area contributed by atoms with Gasteiger partial charge in [0, 0.05) is 6.42 Å². The number of ether oxygens (including phenoxy) is 1. The predicted octanol–water partition coefficient (Wildman–Crippen LogP) is 3.04. The molecule has 2 rings (SSSR count). The number of hydrogen-bond donors (Lipinski definition) is 0. The summed E-state index contributed by atoms with van der Waals surface area (Å²) in [5, 5.41) is 0. The standard InChI is InChI=1S/C14H20O2/c1-2-3-11-4-9-14(16-10-11)12-5-7-13(15)8-6-12/h5-7,11,14H,2-4,8-10H2,1H3. The maximum absolute atomic E-state index is 11.1. The monoisotopic (exact) mass is 220 g/mol. The van der Waals surface area contributed by atoms with E-state index in [1.165, 1.54) is 24.8 Å². The Morgan fingerprint density at radius 3 is 2.81 bits per heavy atom. The summed E-state index contributed by atoms with van der Waals surface area (Å²) >= 11 is 0. The Labute approximate surface area is 97.4 Å². The van der Waals surface area contributed by atoms with E-state index in [-0.39, 0.29) is 11.9 Å². The molecule has 1 heterocycles. The van der Waals surface area contributed by atoms with Crippen molar-refractivity contribution >= 4 is 5.78 Å². The highest BCUT2D eigenvalue weighted by atomic mass is 16.5. The molecule has 2 unspecified atom stereocenters. The Morgan fingerprint density at radius 2 is 2.25 bits per heavy atom. The van der Waals surface area contributed by atoms with Gasteiger partial charge in [0.2, 0.25) is 0 Å². The lowest BCUT2D eigenvalue weighted by atomic mass is 9.90.